The molecule has 2 aromatic rings. The van der Waals surface area contributed by atoms with Crippen LogP contribution in [0.15, 0.2) is 48.8 Å². The average Bonchev–Trinajstić information content (AvgIpc) is 3.17. The van der Waals surface area contributed by atoms with E-state index in [1.54, 1.807) is 24.5 Å². The summed E-state index contributed by atoms with van der Waals surface area (Å²) >= 11 is 0. The van der Waals surface area contributed by atoms with Crippen molar-refractivity contribution in [1.29, 1.82) is 0 Å². The van der Waals surface area contributed by atoms with Gasteiger partial charge < -0.3 is 15.0 Å². The molecule has 1 aromatic carbocycles. The van der Waals surface area contributed by atoms with Gasteiger partial charge in [-0.2, -0.15) is 0 Å². The molecule has 2 fully saturated rings. The fourth-order valence-electron chi connectivity index (χ4n) is 3.44. The van der Waals surface area contributed by atoms with Crippen LogP contribution in [-0.2, 0) is 0 Å². The van der Waals surface area contributed by atoms with Crippen LogP contribution in [0.25, 0.3) is 0 Å². The highest BCUT2D eigenvalue weighted by atomic mass is 35.5. The van der Waals surface area contributed by atoms with Crippen molar-refractivity contribution < 1.29 is 9.53 Å². The largest absolute Gasteiger partial charge is 0.457 e. The van der Waals surface area contributed by atoms with E-state index in [1.807, 2.05) is 29.2 Å². The van der Waals surface area contributed by atoms with E-state index in [2.05, 4.69) is 10.3 Å². The molecule has 3 heterocycles. The monoisotopic (exact) mass is 381 g/mol. The lowest BCUT2D eigenvalue weighted by Crippen LogP contribution is -2.31. The number of likely N-dealkylation sites (tertiary alicyclic amines) is 1. The summed E-state index contributed by atoms with van der Waals surface area (Å²) in [6.45, 7) is 3.76. The third-order valence-corrected chi connectivity index (χ3v) is 4.64. The summed E-state index contributed by atoms with van der Waals surface area (Å²) in [5, 5.41) is 3.40. The first-order chi connectivity index (χ1) is 11.3. The molecule has 7 heteroatoms. The van der Waals surface area contributed by atoms with Crippen molar-refractivity contribution in [3.05, 3.63) is 54.4 Å². The number of amides is 1. The number of nitrogens with zero attached hydrogens (tertiary/aromatic N) is 2. The Kier molecular flexibility index (Phi) is 6.64. The third kappa shape index (κ3) is 4.24. The summed E-state index contributed by atoms with van der Waals surface area (Å²) in [7, 11) is 0. The lowest BCUT2D eigenvalue weighted by Gasteiger charge is -2.18. The first kappa shape index (κ1) is 19.5. The Bertz CT molecular complexity index is 702. The zero-order valence-electron chi connectivity index (χ0n) is 13.6. The van der Waals surface area contributed by atoms with E-state index >= 15 is 0 Å². The van der Waals surface area contributed by atoms with E-state index in [1.165, 1.54) is 0 Å². The lowest BCUT2D eigenvalue weighted by molar-refractivity contribution is 0.0781. The van der Waals surface area contributed by atoms with Gasteiger partial charge in [0.15, 0.2) is 0 Å². The van der Waals surface area contributed by atoms with Gasteiger partial charge in [-0.05, 0) is 42.2 Å². The Labute approximate surface area is 159 Å². The molecule has 1 amide bonds. The molecule has 0 unspecified atom stereocenters. The summed E-state index contributed by atoms with van der Waals surface area (Å²) in [5.74, 6) is 2.69. The van der Waals surface area contributed by atoms with Crippen LogP contribution in [0, 0.1) is 11.8 Å². The van der Waals surface area contributed by atoms with Gasteiger partial charge >= 0.3 is 0 Å². The number of fused-ring (bicyclic) bond motifs is 1. The van der Waals surface area contributed by atoms with Crippen molar-refractivity contribution in [2.24, 2.45) is 11.8 Å². The maximum Gasteiger partial charge on any atom is 0.254 e. The van der Waals surface area contributed by atoms with Gasteiger partial charge in [0.25, 0.3) is 5.91 Å². The van der Waals surface area contributed by atoms with Crippen LogP contribution in [0.1, 0.15) is 10.4 Å². The Morgan fingerprint density at radius 2 is 1.72 bits per heavy atom. The topological polar surface area (TPSA) is 54.5 Å². The standard InChI is InChI=1S/C18H19N3O2.2ClH/c22-18(21-11-14-9-20-10-15(14)12-21)13-2-1-3-17(8-13)23-16-4-6-19-7-5-16;;/h1-8,14-15,20H,9-12H2;2*1H/t14-,15+;;. The molecule has 0 spiro atoms. The van der Waals surface area contributed by atoms with Crippen molar-refractivity contribution in [3.63, 3.8) is 0 Å². The number of rotatable bonds is 3. The fourth-order valence-corrected chi connectivity index (χ4v) is 3.44. The molecule has 4 rings (SSSR count). The minimum atomic E-state index is 0. The molecule has 1 aromatic heterocycles. The molecule has 2 atom stereocenters. The van der Waals surface area contributed by atoms with Crippen LogP contribution in [0.4, 0.5) is 0 Å². The minimum absolute atomic E-state index is 0. The smallest absolute Gasteiger partial charge is 0.254 e. The van der Waals surface area contributed by atoms with E-state index in [-0.39, 0.29) is 30.7 Å². The van der Waals surface area contributed by atoms with E-state index in [0.29, 0.717) is 28.9 Å². The summed E-state index contributed by atoms with van der Waals surface area (Å²) in [6.07, 6.45) is 3.36. The molecule has 0 saturated carbocycles. The number of nitrogens with one attached hydrogen (secondary N) is 1. The Balaban J connectivity index is 0.00000113. The molecule has 5 nitrogen and oxygen atoms in total. The molecular weight excluding hydrogens is 361 g/mol. The number of pyridine rings is 1. The molecule has 2 saturated heterocycles. The Morgan fingerprint density at radius 3 is 2.40 bits per heavy atom. The molecule has 0 bridgehead atoms. The van der Waals surface area contributed by atoms with Crippen LogP contribution >= 0.6 is 24.8 Å². The fraction of sp³-hybridized carbons (Fsp3) is 0.333. The SMILES string of the molecule is Cl.Cl.O=C(c1cccc(Oc2ccncc2)c1)N1C[C@H]2CNC[C@H]2C1. The summed E-state index contributed by atoms with van der Waals surface area (Å²) in [4.78, 5) is 18.7. The number of carbonyl (C=O) groups excluding carboxylic acids is 1. The predicted octanol–water partition coefficient (Wildman–Crippen LogP) is 3.01. The lowest BCUT2D eigenvalue weighted by atomic mass is 10.0. The van der Waals surface area contributed by atoms with Crippen LogP contribution in [-0.4, -0.2) is 42.0 Å². The van der Waals surface area contributed by atoms with Crippen LogP contribution < -0.4 is 10.1 Å². The molecular formula is C18H21Cl2N3O2. The van der Waals surface area contributed by atoms with Crippen LogP contribution in [0.3, 0.4) is 0 Å². The number of aromatic nitrogens is 1. The second-order valence-electron chi connectivity index (χ2n) is 6.20. The zero-order valence-corrected chi connectivity index (χ0v) is 15.3. The van der Waals surface area contributed by atoms with E-state index in [9.17, 15) is 4.79 Å². The first-order valence-corrected chi connectivity index (χ1v) is 7.97. The van der Waals surface area contributed by atoms with Gasteiger partial charge in [-0.1, -0.05) is 6.07 Å². The average molecular weight is 382 g/mol. The predicted molar refractivity (Wildman–Crippen MR) is 101 cm³/mol. The second kappa shape index (κ2) is 8.52. The van der Waals surface area contributed by atoms with Gasteiger partial charge in [0.1, 0.15) is 11.5 Å². The number of hydrogen-bond donors (Lipinski definition) is 1. The molecule has 2 aliphatic rings. The highest BCUT2D eigenvalue weighted by Crippen LogP contribution is 2.28. The van der Waals surface area contributed by atoms with Gasteiger partial charge in [0.2, 0.25) is 0 Å². The number of benzene rings is 1. The second-order valence-corrected chi connectivity index (χ2v) is 6.20. The van der Waals surface area contributed by atoms with Gasteiger partial charge in [-0.25, -0.2) is 0 Å². The summed E-state index contributed by atoms with van der Waals surface area (Å²) < 4.78 is 5.79. The van der Waals surface area contributed by atoms with Crippen molar-refractivity contribution in [2.75, 3.05) is 26.2 Å². The maximum atomic E-state index is 12.7. The van der Waals surface area contributed by atoms with E-state index in [0.717, 1.165) is 26.2 Å². The molecule has 1 N–H and O–H groups in total. The number of hydrogen-bond acceptors (Lipinski definition) is 4. The third-order valence-electron chi connectivity index (χ3n) is 4.64. The van der Waals surface area contributed by atoms with E-state index in [4.69, 9.17) is 4.74 Å². The Morgan fingerprint density at radius 1 is 1.04 bits per heavy atom. The van der Waals surface area contributed by atoms with Crippen molar-refractivity contribution in [2.45, 2.75) is 0 Å². The van der Waals surface area contributed by atoms with Crippen molar-refractivity contribution >= 4 is 30.7 Å². The van der Waals surface area contributed by atoms with Crippen LogP contribution in [0.2, 0.25) is 0 Å². The summed E-state index contributed by atoms with van der Waals surface area (Å²) in [5.41, 5.74) is 0.685. The maximum absolute atomic E-state index is 12.7. The minimum Gasteiger partial charge on any atom is -0.457 e. The molecule has 2 aliphatic heterocycles. The van der Waals surface area contributed by atoms with Crippen molar-refractivity contribution in [1.82, 2.24) is 15.2 Å². The van der Waals surface area contributed by atoms with E-state index < -0.39 is 0 Å². The molecule has 134 valence electrons. The highest BCUT2D eigenvalue weighted by Gasteiger charge is 2.38. The Hall–Kier alpha value is -1.82. The molecule has 0 radical (unpaired) electrons. The molecule has 0 aliphatic carbocycles. The zero-order chi connectivity index (χ0) is 15.6. The summed E-state index contributed by atoms with van der Waals surface area (Å²) in [6, 6.07) is 11.0. The van der Waals surface area contributed by atoms with Crippen molar-refractivity contribution in [3.8, 4) is 11.5 Å². The van der Waals surface area contributed by atoms with Gasteiger partial charge in [0, 0.05) is 44.1 Å². The normalized spacial score (nSPS) is 21.0. The van der Waals surface area contributed by atoms with Gasteiger partial charge in [-0.15, -0.1) is 24.8 Å². The number of ether oxygens (including phenoxy) is 1. The quantitative estimate of drug-likeness (QED) is 0.887. The first-order valence-electron chi connectivity index (χ1n) is 7.97. The molecule has 25 heavy (non-hydrogen) atoms. The van der Waals surface area contributed by atoms with Gasteiger partial charge in [-0.3, -0.25) is 9.78 Å². The number of halogens is 2. The number of carbonyl (C=O) groups is 1. The highest BCUT2D eigenvalue weighted by molar-refractivity contribution is 5.94. The van der Waals surface area contributed by atoms with Gasteiger partial charge in [0.05, 0.1) is 0 Å². The van der Waals surface area contributed by atoms with Crippen LogP contribution in [0.5, 0.6) is 11.5 Å².